The summed E-state index contributed by atoms with van der Waals surface area (Å²) in [7, 11) is 0. The van der Waals surface area contributed by atoms with Gasteiger partial charge in [-0.1, -0.05) is 34.1 Å². The maximum absolute atomic E-state index is 7.79. The summed E-state index contributed by atoms with van der Waals surface area (Å²) < 4.78 is 37.9. The highest BCUT2D eigenvalue weighted by Gasteiger charge is 2.02. The van der Waals surface area contributed by atoms with Gasteiger partial charge in [-0.15, -0.1) is 0 Å². The maximum atomic E-state index is 7.79. The topological polar surface area (TPSA) is 25.8 Å². The zero-order valence-corrected chi connectivity index (χ0v) is 8.67. The van der Waals surface area contributed by atoms with E-state index < -0.39 is 18.7 Å². The van der Waals surface area contributed by atoms with Crippen molar-refractivity contribution < 1.29 is 6.85 Å². The molecule has 2 nitrogen and oxygen atoms in total. The predicted molar refractivity (Wildman–Crippen MR) is 59.9 cm³/mol. The van der Waals surface area contributed by atoms with Gasteiger partial charge >= 0.3 is 0 Å². The van der Waals surface area contributed by atoms with Crippen molar-refractivity contribution in [2.45, 2.75) is 6.85 Å². The molecule has 70 valence electrons. The summed E-state index contributed by atoms with van der Waals surface area (Å²) in [5.41, 5.74) is 0.337. The van der Waals surface area contributed by atoms with Gasteiger partial charge in [0.2, 0.25) is 0 Å². The minimum Gasteiger partial charge on any atom is -0.258 e. The first-order valence-corrected chi connectivity index (χ1v) is 4.70. The van der Waals surface area contributed by atoms with Crippen molar-refractivity contribution >= 4 is 15.9 Å². The average molecular weight is 254 g/mol. The minimum absolute atomic E-state index is 0.186. The summed E-state index contributed by atoms with van der Waals surface area (Å²) in [5.74, 6) is 0. The van der Waals surface area contributed by atoms with Gasteiger partial charge in [-0.2, -0.15) is 0 Å². The van der Waals surface area contributed by atoms with Crippen LogP contribution in [0.4, 0.5) is 0 Å². The Hall–Kier alpha value is -1.22. The number of aryl methyl sites for hydroxylation is 1. The summed E-state index contributed by atoms with van der Waals surface area (Å²) in [6.45, 7) is -2.54. The lowest BCUT2D eigenvalue weighted by atomic mass is 10.2. The van der Waals surface area contributed by atoms with Crippen molar-refractivity contribution in [1.82, 2.24) is 9.97 Å². The minimum atomic E-state index is -2.54. The summed E-state index contributed by atoms with van der Waals surface area (Å²) in [6.07, 6.45) is -0.684. The molecule has 0 saturated heterocycles. The number of aromatic nitrogens is 2. The van der Waals surface area contributed by atoms with Crippen LogP contribution >= 0.6 is 15.9 Å². The zero-order chi connectivity index (χ0) is 14.2. The van der Waals surface area contributed by atoms with E-state index in [-0.39, 0.29) is 11.9 Å². The maximum Gasteiger partial charge on any atom is 0.0896 e. The van der Waals surface area contributed by atoms with Crippen molar-refractivity contribution in [3.8, 4) is 11.3 Å². The second-order valence-electron chi connectivity index (χ2n) is 2.62. The van der Waals surface area contributed by atoms with E-state index in [2.05, 4.69) is 25.9 Å². The van der Waals surface area contributed by atoms with E-state index in [1.54, 1.807) is 18.2 Å². The summed E-state index contributed by atoms with van der Waals surface area (Å²) in [6, 6.07) is 7.07. The van der Waals surface area contributed by atoms with Crippen LogP contribution in [0.5, 0.6) is 0 Å². The molecule has 1 heterocycles. The third-order valence-electron chi connectivity index (χ3n) is 1.68. The Kier molecular flexibility index (Phi) is 1.39. The second-order valence-corrected chi connectivity index (χ2v) is 3.48. The van der Waals surface area contributed by atoms with Gasteiger partial charge < -0.3 is 0 Å². The summed E-state index contributed by atoms with van der Waals surface area (Å²) in [5, 5.41) is 0. The van der Waals surface area contributed by atoms with Gasteiger partial charge in [0.25, 0.3) is 0 Å². The Morgan fingerprint density at radius 1 is 1.29 bits per heavy atom. The molecule has 0 spiro atoms. The van der Waals surface area contributed by atoms with Crippen LogP contribution in [0.3, 0.4) is 0 Å². The third-order valence-corrected chi connectivity index (χ3v) is 2.37. The lowest BCUT2D eigenvalue weighted by Gasteiger charge is -2.02. The Labute approximate surface area is 98.2 Å². The molecule has 0 atom stereocenters. The number of benzene rings is 1. The van der Waals surface area contributed by atoms with E-state index in [0.29, 0.717) is 10.0 Å². The monoisotopic (exact) mass is 253 g/mol. The molecule has 0 amide bonds. The van der Waals surface area contributed by atoms with Gasteiger partial charge in [0, 0.05) is 20.3 Å². The Morgan fingerprint density at radius 3 is 2.93 bits per heavy atom. The van der Waals surface area contributed by atoms with Crippen LogP contribution in [0, 0.1) is 6.85 Å². The van der Waals surface area contributed by atoms with Crippen molar-refractivity contribution in [3.63, 3.8) is 0 Å². The van der Waals surface area contributed by atoms with Crippen LogP contribution in [0.1, 0.15) is 12.5 Å². The molecule has 0 aliphatic rings. The molecule has 0 radical (unpaired) electrons. The molecule has 0 N–H and O–H groups in total. The van der Waals surface area contributed by atoms with Crippen molar-refractivity contribution in [2.24, 2.45) is 0 Å². The van der Waals surface area contributed by atoms with Gasteiger partial charge in [0.1, 0.15) is 0 Å². The first-order chi connectivity index (χ1) is 8.80. The van der Waals surface area contributed by atoms with Gasteiger partial charge in [-0.05, 0) is 12.9 Å². The molecule has 0 aliphatic carbocycles. The molecule has 0 aliphatic heterocycles. The molecular weight excluding hydrogens is 240 g/mol. The Bertz CT molecular complexity index is 627. The number of nitrogens with zero attached hydrogens (tertiary/aromatic N) is 2. The van der Waals surface area contributed by atoms with Gasteiger partial charge in [0.15, 0.2) is 0 Å². The predicted octanol–water partition coefficient (Wildman–Crippen LogP) is 3.21. The summed E-state index contributed by atoms with van der Waals surface area (Å²) >= 11 is 3.33. The van der Waals surface area contributed by atoms with E-state index in [4.69, 9.17) is 6.85 Å². The average Bonchev–Trinajstić information content (AvgIpc) is 2.31. The molecule has 0 fully saturated rings. The van der Waals surface area contributed by atoms with Crippen LogP contribution in [0.15, 0.2) is 41.1 Å². The normalized spacial score (nSPS) is 16.2. The summed E-state index contributed by atoms with van der Waals surface area (Å²) in [4.78, 5) is 7.59. The number of rotatable bonds is 1. The van der Waals surface area contributed by atoms with E-state index >= 15 is 0 Å². The first-order valence-electron chi connectivity index (χ1n) is 6.41. The molecule has 0 saturated carbocycles. The molecule has 1 aromatic carbocycles. The Morgan fingerprint density at radius 2 is 2.14 bits per heavy atom. The van der Waals surface area contributed by atoms with E-state index in [0.717, 1.165) is 0 Å². The SMILES string of the molecule is [2H]c1nc(C([2H])([2H])[2H])c([2H])nc1-c1ccccc1Br. The molecule has 3 heteroatoms. The first kappa shape index (κ1) is 5.03. The zero-order valence-electron chi connectivity index (χ0n) is 12.1. The highest BCUT2D eigenvalue weighted by Crippen LogP contribution is 2.25. The van der Waals surface area contributed by atoms with Crippen LogP contribution in [0.2, 0.25) is 0 Å². The van der Waals surface area contributed by atoms with Crippen molar-refractivity contribution in [1.29, 1.82) is 0 Å². The van der Waals surface area contributed by atoms with Crippen LogP contribution in [-0.4, -0.2) is 9.97 Å². The fraction of sp³-hybridized carbons (Fsp3) is 0.0909. The third kappa shape index (κ3) is 1.82. The van der Waals surface area contributed by atoms with Crippen molar-refractivity contribution in [2.75, 3.05) is 0 Å². The Balaban J connectivity index is 2.63. The van der Waals surface area contributed by atoms with Gasteiger partial charge in [-0.3, -0.25) is 9.97 Å². The number of halogens is 1. The molecule has 0 bridgehead atoms. The fourth-order valence-electron chi connectivity index (χ4n) is 1.04. The highest BCUT2D eigenvalue weighted by atomic mass is 79.9. The van der Waals surface area contributed by atoms with Gasteiger partial charge in [-0.25, -0.2) is 0 Å². The van der Waals surface area contributed by atoms with E-state index in [1.165, 1.54) is 0 Å². The van der Waals surface area contributed by atoms with E-state index in [9.17, 15) is 0 Å². The lowest BCUT2D eigenvalue weighted by molar-refractivity contribution is 1.12. The van der Waals surface area contributed by atoms with Crippen LogP contribution < -0.4 is 0 Å². The van der Waals surface area contributed by atoms with Crippen LogP contribution in [-0.2, 0) is 0 Å². The highest BCUT2D eigenvalue weighted by molar-refractivity contribution is 9.10. The standard InChI is InChI=1S/C11H9BrN2/c1-8-6-14-11(7-13-8)9-4-2-3-5-10(9)12/h2-7H,1H3/i1D3,6D,7D. The second kappa shape index (κ2) is 3.88. The van der Waals surface area contributed by atoms with Gasteiger partial charge in [0.05, 0.1) is 20.3 Å². The quantitative estimate of drug-likeness (QED) is 0.780. The van der Waals surface area contributed by atoms with E-state index in [1.807, 2.05) is 6.07 Å². The largest absolute Gasteiger partial charge is 0.258 e. The smallest absolute Gasteiger partial charge is 0.0896 e. The molecule has 2 aromatic rings. The number of hydrogen-bond donors (Lipinski definition) is 0. The molecule has 1 aromatic heterocycles. The van der Waals surface area contributed by atoms with Crippen molar-refractivity contribution in [3.05, 3.63) is 46.8 Å². The molecule has 0 unspecified atom stereocenters. The molecular formula is C11H9BrN2. The number of hydrogen-bond acceptors (Lipinski definition) is 2. The van der Waals surface area contributed by atoms with Crippen LogP contribution in [0.25, 0.3) is 11.3 Å². The lowest BCUT2D eigenvalue weighted by Crippen LogP contribution is -1.88. The molecule has 14 heavy (non-hydrogen) atoms. The fourth-order valence-corrected chi connectivity index (χ4v) is 1.51. The molecule has 2 rings (SSSR count).